The van der Waals surface area contributed by atoms with Gasteiger partial charge in [0.15, 0.2) is 0 Å². The lowest BCUT2D eigenvalue weighted by Gasteiger charge is -2.03. The lowest BCUT2D eigenvalue weighted by molar-refractivity contribution is 1.47. The summed E-state index contributed by atoms with van der Waals surface area (Å²) >= 11 is 8.96. The van der Waals surface area contributed by atoms with Crippen molar-refractivity contribution in [3.8, 4) is 0 Å². The number of halogens is 2. The highest BCUT2D eigenvalue weighted by atomic mass is 79.9. The molecular weight excluding hydrogens is 213 g/mol. The molecule has 1 rings (SSSR count). The quantitative estimate of drug-likeness (QED) is 0.716. The normalized spacial score (nSPS) is 9.50. The second-order valence-electron chi connectivity index (χ2n) is 2.03. The van der Waals surface area contributed by atoms with Gasteiger partial charge in [0.05, 0.1) is 10.7 Å². The smallest absolute Gasteiger partial charge is 0.0658 e. The van der Waals surface area contributed by atoms with Crippen LogP contribution < -0.4 is 4.34 Å². The van der Waals surface area contributed by atoms with E-state index >= 15 is 0 Å². The van der Waals surface area contributed by atoms with E-state index in [2.05, 4.69) is 20.5 Å². The summed E-state index contributed by atoms with van der Waals surface area (Å²) in [7, 11) is 0. The van der Waals surface area contributed by atoms with E-state index < -0.39 is 0 Å². The summed E-state index contributed by atoms with van der Waals surface area (Å²) < 4.78 is 2.84. The number of nitrogens with one attached hydrogen (secondary N) is 1. The Balaban J connectivity index is 3.17. The van der Waals surface area contributed by atoms with Crippen LogP contribution in [0.15, 0.2) is 18.2 Å². The first-order valence-electron chi connectivity index (χ1n) is 2.87. The lowest BCUT2D eigenvalue weighted by Crippen LogP contribution is -1.84. The Morgan fingerprint density at radius 1 is 1.50 bits per heavy atom. The Bertz CT molecular complexity index is 217. The van der Waals surface area contributed by atoms with Crippen molar-refractivity contribution < 1.29 is 0 Å². The average Bonchev–Trinajstić information content (AvgIpc) is 1.88. The summed E-state index contributed by atoms with van der Waals surface area (Å²) in [6.45, 7) is 2.00. The molecule has 54 valence electrons. The standard InChI is InChI=1S/C7H7BrClN/c1-5-3-2-4-6(9)7(5)10-8/h2-4,10H,1H3. The van der Waals surface area contributed by atoms with Gasteiger partial charge in [-0.1, -0.05) is 23.7 Å². The monoisotopic (exact) mass is 219 g/mol. The second kappa shape index (κ2) is 3.26. The predicted molar refractivity (Wildman–Crippen MR) is 48.7 cm³/mol. The van der Waals surface area contributed by atoms with Gasteiger partial charge >= 0.3 is 0 Å². The maximum absolute atomic E-state index is 5.84. The SMILES string of the molecule is Cc1cccc(Cl)c1NBr. The van der Waals surface area contributed by atoms with Crippen molar-refractivity contribution in [2.45, 2.75) is 6.92 Å². The van der Waals surface area contributed by atoms with Crippen LogP contribution in [-0.4, -0.2) is 0 Å². The molecule has 0 aromatic heterocycles. The van der Waals surface area contributed by atoms with E-state index in [-0.39, 0.29) is 0 Å². The van der Waals surface area contributed by atoms with Gasteiger partial charge in [-0.3, -0.25) is 0 Å². The number of para-hydroxylation sites is 1. The molecule has 1 aromatic carbocycles. The highest BCUT2D eigenvalue weighted by Gasteiger charge is 1.99. The molecule has 10 heavy (non-hydrogen) atoms. The Hall–Kier alpha value is -0.210. The molecule has 1 N–H and O–H groups in total. The molecule has 0 atom stereocenters. The second-order valence-corrected chi connectivity index (χ2v) is 2.83. The highest BCUT2D eigenvalue weighted by molar-refractivity contribution is 9.10. The summed E-state index contributed by atoms with van der Waals surface area (Å²) in [6.07, 6.45) is 0. The van der Waals surface area contributed by atoms with Crippen molar-refractivity contribution in [3.63, 3.8) is 0 Å². The molecule has 0 bridgehead atoms. The van der Waals surface area contributed by atoms with Crippen molar-refractivity contribution in [1.82, 2.24) is 0 Å². The van der Waals surface area contributed by atoms with Crippen LogP contribution in [0.5, 0.6) is 0 Å². The van der Waals surface area contributed by atoms with E-state index in [1.807, 2.05) is 25.1 Å². The van der Waals surface area contributed by atoms with Crippen molar-refractivity contribution in [1.29, 1.82) is 0 Å². The molecule has 0 saturated heterocycles. The molecule has 0 radical (unpaired) electrons. The van der Waals surface area contributed by atoms with Gasteiger partial charge < -0.3 is 4.34 Å². The van der Waals surface area contributed by atoms with Crippen LogP contribution in [0.3, 0.4) is 0 Å². The molecule has 1 nitrogen and oxygen atoms in total. The third kappa shape index (κ3) is 1.44. The van der Waals surface area contributed by atoms with Crippen LogP contribution in [0.2, 0.25) is 5.02 Å². The molecule has 0 spiro atoms. The molecular formula is C7H7BrClN. The van der Waals surface area contributed by atoms with E-state index in [1.54, 1.807) is 0 Å². The van der Waals surface area contributed by atoms with Crippen LogP contribution in [0, 0.1) is 6.92 Å². The first kappa shape index (κ1) is 7.89. The summed E-state index contributed by atoms with van der Waals surface area (Å²) in [5, 5.41) is 0.733. The van der Waals surface area contributed by atoms with Crippen LogP contribution >= 0.6 is 27.7 Å². The number of anilines is 1. The molecule has 0 fully saturated rings. The molecule has 3 heteroatoms. The van der Waals surface area contributed by atoms with Gasteiger partial charge in [0.2, 0.25) is 0 Å². The van der Waals surface area contributed by atoms with Crippen LogP contribution in [-0.2, 0) is 0 Å². The first-order valence-corrected chi connectivity index (χ1v) is 4.04. The molecule has 0 amide bonds. The predicted octanol–water partition coefficient (Wildman–Crippen LogP) is 3.37. The van der Waals surface area contributed by atoms with E-state index in [1.165, 1.54) is 0 Å². The van der Waals surface area contributed by atoms with Crippen LogP contribution in [0.1, 0.15) is 5.56 Å². The molecule has 0 heterocycles. The fourth-order valence-corrected chi connectivity index (χ4v) is 1.66. The summed E-state index contributed by atoms with van der Waals surface area (Å²) in [4.78, 5) is 0. The largest absolute Gasteiger partial charge is 0.321 e. The number of hydrogen-bond acceptors (Lipinski definition) is 1. The summed E-state index contributed by atoms with van der Waals surface area (Å²) in [5.74, 6) is 0. The zero-order chi connectivity index (χ0) is 7.56. The van der Waals surface area contributed by atoms with E-state index in [0.29, 0.717) is 0 Å². The molecule has 0 saturated carbocycles. The number of hydrogen-bond donors (Lipinski definition) is 1. The van der Waals surface area contributed by atoms with E-state index in [0.717, 1.165) is 16.3 Å². The summed E-state index contributed by atoms with van der Waals surface area (Å²) in [6, 6.07) is 5.76. The first-order chi connectivity index (χ1) is 4.75. The van der Waals surface area contributed by atoms with Crippen molar-refractivity contribution in [2.75, 3.05) is 4.34 Å². The fourth-order valence-electron chi connectivity index (χ4n) is 0.752. The van der Waals surface area contributed by atoms with Crippen molar-refractivity contribution in [2.24, 2.45) is 0 Å². The van der Waals surface area contributed by atoms with Gasteiger partial charge in [-0.2, -0.15) is 0 Å². The Kier molecular flexibility index (Phi) is 2.57. The van der Waals surface area contributed by atoms with Gasteiger partial charge in [0.1, 0.15) is 0 Å². The minimum Gasteiger partial charge on any atom is -0.321 e. The van der Waals surface area contributed by atoms with Gasteiger partial charge in [0.25, 0.3) is 0 Å². The zero-order valence-electron chi connectivity index (χ0n) is 5.49. The average molecular weight is 220 g/mol. The van der Waals surface area contributed by atoms with Crippen LogP contribution in [0.25, 0.3) is 0 Å². The zero-order valence-corrected chi connectivity index (χ0v) is 7.83. The fraction of sp³-hybridized carbons (Fsp3) is 0.143. The van der Waals surface area contributed by atoms with Gasteiger partial charge in [-0.05, 0) is 18.6 Å². The van der Waals surface area contributed by atoms with Crippen molar-refractivity contribution in [3.05, 3.63) is 28.8 Å². The van der Waals surface area contributed by atoms with Gasteiger partial charge in [-0.15, -0.1) is 0 Å². The number of benzene rings is 1. The highest BCUT2D eigenvalue weighted by Crippen LogP contribution is 2.25. The lowest BCUT2D eigenvalue weighted by atomic mass is 10.2. The third-order valence-corrected chi connectivity index (χ3v) is 2.03. The van der Waals surface area contributed by atoms with Gasteiger partial charge in [-0.25, -0.2) is 0 Å². The molecule has 1 aromatic rings. The van der Waals surface area contributed by atoms with Gasteiger partial charge in [0, 0.05) is 16.1 Å². The van der Waals surface area contributed by atoms with E-state index in [4.69, 9.17) is 11.6 Å². The topological polar surface area (TPSA) is 12.0 Å². The number of aryl methyl sites for hydroxylation is 1. The molecule has 0 aliphatic rings. The minimum atomic E-state index is 0.733. The maximum Gasteiger partial charge on any atom is 0.0658 e. The molecule has 0 aliphatic carbocycles. The maximum atomic E-state index is 5.84. The Morgan fingerprint density at radius 2 is 2.20 bits per heavy atom. The Labute approximate surface area is 73.7 Å². The third-order valence-electron chi connectivity index (χ3n) is 1.32. The molecule has 0 aliphatic heterocycles. The van der Waals surface area contributed by atoms with E-state index in [9.17, 15) is 0 Å². The Morgan fingerprint density at radius 3 is 2.60 bits per heavy atom. The van der Waals surface area contributed by atoms with Crippen molar-refractivity contribution >= 4 is 33.4 Å². The summed E-state index contributed by atoms with van der Waals surface area (Å²) in [5.41, 5.74) is 2.06. The molecule has 0 unspecified atom stereocenters. The number of rotatable bonds is 1. The minimum absolute atomic E-state index is 0.733. The van der Waals surface area contributed by atoms with Crippen LogP contribution in [0.4, 0.5) is 5.69 Å².